The molecule has 14 heteroatoms. The number of tetrazole rings is 1. The van der Waals surface area contributed by atoms with E-state index in [9.17, 15) is 14.4 Å². The number of aromatic nitrogens is 4. The van der Waals surface area contributed by atoms with Crippen LogP contribution in [0.1, 0.15) is 6.92 Å². The number of carbonyl (C=O) groups excluding carboxylic acids is 3. The predicted octanol–water partition coefficient (Wildman–Crippen LogP) is -0.873. The van der Waals surface area contributed by atoms with Gasteiger partial charge in [0.25, 0.3) is 5.91 Å². The number of nitrogens with zero attached hydrogens (tertiary/aromatic N) is 7. The van der Waals surface area contributed by atoms with E-state index in [0.717, 1.165) is 0 Å². The van der Waals surface area contributed by atoms with Gasteiger partial charge in [0.2, 0.25) is 5.91 Å². The highest BCUT2D eigenvalue weighted by atomic mass is 19.1. The van der Waals surface area contributed by atoms with Gasteiger partial charge in [0, 0.05) is 26.6 Å². The first-order chi connectivity index (χ1) is 15.9. The molecule has 2 aliphatic heterocycles. The average Bonchev–Trinajstić information content (AvgIpc) is 3.35. The number of amides is 3. The van der Waals surface area contributed by atoms with Crippen LogP contribution in [0.5, 0.6) is 0 Å². The molecule has 0 aliphatic carbocycles. The quantitative estimate of drug-likeness (QED) is 0.562. The van der Waals surface area contributed by atoms with E-state index < -0.39 is 18.0 Å². The van der Waals surface area contributed by atoms with Gasteiger partial charge in [0.1, 0.15) is 24.8 Å². The molecule has 4 rings (SSSR count). The molecule has 2 N–H and O–H groups in total. The summed E-state index contributed by atoms with van der Waals surface area (Å²) in [5.41, 5.74) is 3.78. The summed E-state index contributed by atoms with van der Waals surface area (Å²) in [6.07, 6.45) is 0.266. The molecule has 2 fully saturated rings. The van der Waals surface area contributed by atoms with Crippen molar-refractivity contribution < 1.29 is 23.5 Å². The normalized spacial score (nSPS) is 18.8. The number of rotatable bonds is 6. The Balaban J connectivity index is 1.37. The molecule has 0 unspecified atom stereocenters. The molecule has 1 aromatic carbocycles. The Morgan fingerprint density at radius 3 is 2.88 bits per heavy atom. The minimum absolute atomic E-state index is 0.00206. The molecule has 2 saturated heterocycles. The summed E-state index contributed by atoms with van der Waals surface area (Å²) in [6, 6.07) is 4.55. The van der Waals surface area contributed by atoms with E-state index in [2.05, 4.69) is 26.3 Å². The molecule has 0 bridgehead atoms. The Hall–Kier alpha value is -3.81. The van der Waals surface area contributed by atoms with Gasteiger partial charge in [-0.2, -0.15) is 0 Å². The highest BCUT2D eigenvalue weighted by Crippen LogP contribution is 2.28. The number of hydrogen-bond acceptors (Lipinski definition) is 9. The Labute approximate surface area is 188 Å². The van der Waals surface area contributed by atoms with Crippen molar-refractivity contribution in [2.75, 3.05) is 49.1 Å². The van der Waals surface area contributed by atoms with Crippen LogP contribution in [0.4, 0.5) is 20.6 Å². The predicted molar refractivity (Wildman–Crippen MR) is 112 cm³/mol. The number of cyclic esters (lactones) is 1. The zero-order valence-corrected chi connectivity index (χ0v) is 18.0. The van der Waals surface area contributed by atoms with E-state index in [1.807, 2.05) is 4.90 Å². The third kappa shape index (κ3) is 5.34. The largest absolute Gasteiger partial charge is 0.442 e. The van der Waals surface area contributed by atoms with E-state index in [0.29, 0.717) is 37.6 Å². The Kier molecular flexibility index (Phi) is 6.63. The monoisotopic (exact) mass is 461 g/mol. The summed E-state index contributed by atoms with van der Waals surface area (Å²) < 4.78 is 21.6. The van der Waals surface area contributed by atoms with Gasteiger partial charge in [-0.3, -0.25) is 19.5 Å². The molecule has 1 atom stereocenters. The van der Waals surface area contributed by atoms with Gasteiger partial charge in [-0.05, 0) is 28.6 Å². The maximum absolute atomic E-state index is 15.0. The third-order valence-electron chi connectivity index (χ3n) is 5.30. The molecule has 3 amide bonds. The molecule has 3 heterocycles. The smallest absolute Gasteiger partial charge is 0.414 e. The summed E-state index contributed by atoms with van der Waals surface area (Å²) in [6.45, 7) is 3.45. The highest BCUT2D eigenvalue weighted by Gasteiger charge is 2.33. The fraction of sp³-hybridized carbons (Fsp3) is 0.474. The standard InChI is InChI=1S/C19H24FN9O4/c1-13(30)21-9-15-10-28(19(32)33-15)14-2-3-17(16(20)8-14)26-5-4-23-29(7-6-26)18(31)11-27-12-22-24-25-27/h2-3,8,12,15,23H,4-7,9-11H2,1H3,(H,21,30)/t15-/m0/s1. The van der Waals surface area contributed by atoms with Gasteiger partial charge in [-0.15, -0.1) is 5.10 Å². The molecule has 0 radical (unpaired) electrons. The number of halogens is 1. The topological polar surface area (TPSA) is 138 Å². The van der Waals surface area contributed by atoms with E-state index in [1.54, 1.807) is 12.1 Å². The van der Waals surface area contributed by atoms with Gasteiger partial charge in [-0.25, -0.2) is 19.3 Å². The highest BCUT2D eigenvalue weighted by molar-refractivity contribution is 5.90. The van der Waals surface area contributed by atoms with Crippen LogP contribution in [0, 0.1) is 5.82 Å². The second-order valence-electron chi connectivity index (χ2n) is 7.64. The van der Waals surface area contributed by atoms with Gasteiger partial charge in [-0.1, -0.05) is 0 Å². The lowest BCUT2D eigenvalue weighted by Gasteiger charge is -2.24. The molecule has 1 aromatic heterocycles. The lowest BCUT2D eigenvalue weighted by Crippen LogP contribution is -2.45. The molecule has 2 aliphatic rings. The van der Waals surface area contributed by atoms with Crippen molar-refractivity contribution >= 4 is 29.3 Å². The van der Waals surface area contributed by atoms with Crippen LogP contribution in [0.3, 0.4) is 0 Å². The summed E-state index contributed by atoms with van der Waals surface area (Å²) >= 11 is 0. The fourth-order valence-electron chi connectivity index (χ4n) is 3.68. The molecule has 2 aromatic rings. The van der Waals surface area contributed by atoms with E-state index in [1.165, 1.54) is 33.9 Å². The second-order valence-corrected chi connectivity index (χ2v) is 7.64. The van der Waals surface area contributed by atoms with Gasteiger partial charge in [0.05, 0.1) is 31.0 Å². The molecular weight excluding hydrogens is 437 g/mol. The second kappa shape index (κ2) is 9.77. The summed E-state index contributed by atoms with van der Waals surface area (Å²) in [4.78, 5) is 38.9. The fourth-order valence-corrected chi connectivity index (χ4v) is 3.68. The van der Waals surface area contributed by atoms with Crippen molar-refractivity contribution in [1.29, 1.82) is 0 Å². The first kappa shape index (κ1) is 22.4. The van der Waals surface area contributed by atoms with Gasteiger partial charge < -0.3 is 15.0 Å². The van der Waals surface area contributed by atoms with Crippen molar-refractivity contribution in [3.8, 4) is 0 Å². The average molecular weight is 461 g/mol. The van der Waals surface area contributed by atoms with Gasteiger partial charge >= 0.3 is 6.09 Å². The van der Waals surface area contributed by atoms with Crippen molar-refractivity contribution in [2.24, 2.45) is 0 Å². The van der Waals surface area contributed by atoms with E-state index in [-0.39, 0.29) is 31.4 Å². The van der Waals surface area contributed by atoms with Crippen molar-refractivity contribution in [2.45, 2.75) is 19.6 Å². The van der Waals surface area contributed by atoms with E-state index >= 15 is 4.39 Å². The first-order valence-corrected chi connectivity index (χ1v) is 10.4. The number of ether oxygens (including phenoxy) is 1. The summed E-state index contributed by atoms with van der Waals surface area (Å²) in [5.74, 6) is -0.914. The van der Waals surface area contributed by atoms with Crippen molar-refractivity contribution in [3.63, 3.8) is 0 Å². The Morgan fingerprint density at radius 2 is 2.15 bits per heavy atom. The Bertz CT molecular complexity index is 1020. The number of hydrogen-bond donors (Lipinski definition) is 2. The lowest BCUT2D eigenvalue weighted by molar-refractivity contribution is -0.134. The maximum Gasteiger partial charge on any atom is 0.414 e. The maximum atomic E-state index is 15.0. The van der Waals surface area contributed by atoms with Crippen LogP contribution in [0.15, 0.2) is 24.5 Å². The first-order valence-electron chi connectivity index (χ1n) is 10.4. The number of anilines is 2. The molecule has 0 saturated carbocycles. The SMILES string of the molecule is CC(=O)NC[C@H]1CN(c2ccc(N3CCNN(C(=O)Cn4cnnn4)CC3)c(F)c2)C(=O)O1. The minimum Gasteiger partial charge on any atom is -0.442 e. The number of benzene rings is 1. The molecule has 176 valence electrons. The van der Waals surface area contributed by atoms with Crippen LogP contribution in [-0.4, -0.2) is 88.5 Å². The summed E-state index contributed by atoms with van der Waals surface area (Å²) in [7, 11) is 0. The zero-order chi connectivity index (χ0) is 23.4. The lowest BCUT2D eigenvalue weighted by atomic mass is 10.2. The van der Waals surface area contributed by atoms with Crippen LogP contribution < -0.4 is 20.5 Å². The number of carbonyl (C=O) groups is 3. The van der Waals surface area contributed by atoms with Crippen LogP contribution in [-0.2, 0) is 20.9 Å². The molecule has 13 nitrogen and oxygen atoms in total. The van der Waals surface area contributed by atoms with Gasteiger partial charge in [0.15, 0.2) is 0 Å². The molecule has 0 spiro atoms. The van der Waals surface area contributed by atoms with E-state index in [4.69, 9.17) is 4.74 Å². The van der Waals surface area contributed by atoms with Crippen molar-refractivity contribution in [1.82, 2.24) is 36.0 Å². The van der Waals surface area contributed by atoms with Crippen LogP contribution >= 0.6 is 0 Å². The Morgan fingerprint density at radius 1 is 1.30 bits per heavy atom. The third-order valence-corrected chi connectivity index (χ3v) is 5.30. The zero-order valence-electron chi connectivity index (χ0n) is 18.0. The summed E-state index contributed by atoms with van der Waals surface area (Å²) in [5, 5.41) is 14.8. The van der Waals surface area contributed by atoms with Crippen LogP contribution in [0.2, 0.25) is 0 Å². The van der Waals surface area contributed by atoms with Crippen molar-refractivity contribution in [3.05, 3.63) is 30.3 Å². The number of nitrogens with one attached hydrogen (secondary N) is 2. The molecule has 33 heavy (non-hydrogen) atoms. The minimum atomic E-state index is -0.590. The van der Waals surface area contributed by atoms with Crippen LogP contribution in [0.25, 0.3) is 0 Å². The molecular formula is C19H24FN9O4. The number of hydrazine groups is 1.